The number of ether oxygens (including phenoxy) is 1. The van der Waals surface area contributed by atoms with E-state index in [9.17, 15) is 4.79 Å². The Morgan fingerprint density at radius 1 is 1.52 bits per heavy atom. The third kappa shape index (κ3) is 3.31. The van der Waals surface area contributed by atoms with E-state index in [1.54, 1.807) is 31.5 Å². The van der Waals surface area contributed by atoms with E-state index < -0.39 is 5.97 Å². The Kier molecular flexibility index (Phi) is 4.42. The Hall–Kier alpha value is -2.57. The van der Waals surface area contributed by atoms with E-state index in [0.717, 1.165) is 5.82 Å². The van der Waals surface area contributed by atoms with Crippen molar-refractivity contribution in [1.29, 1.82) is 0 Å². The smallest absolute Gasteiger partial charge is 0.340 e. The molecule has 0 aliphatic carbocycles. The summed E-state index contributed by atoms with van der Waals surface area (Å²) in [4.78, 5) is 12.0. The van der Waals surface area contributed by atoms with Gasteiger partial charge in [0.15, 0.2) is 5.82 Å². The van der Waals surface area contributed by atoms with Gasteiger partial charge in [0.2, 0.25) is 0 Å². The molecule has 1 heterocycles. The first-order valence-electron chi connectivity index (χ1n) is 6.70. The number of nitrogens with two attached hydrogens (primary N) is 1. The first-order valence-corrected chi connectivity index (χ1v) is 6.70. The molecule has 0 saturated carbocycles. The number of nitrogens with one attached hydrogen (secondary N) is 1. The molecule has 0 saturated heterocycles. The molecule has 2 aromatic rings. The predicted molar refractivity (Wildman–Crippen MR) is 79.9 cm³/mol. The summed E-state index contributed by atoms with van der Waals surface area (Å²) in [6.45, 7) is 4.01. The van der Waals surface area contributed by atoms with E-state index in [2.05, 4.69) is 15.5 Å². The van der Waals surface area contributed by atoms with Gasteiger partial charge in [-0.2, -0.15) is 0 Å². The van der Waals surface area contributed by atoms with Gasteiger partial charge in [-0.15, -0.1) is 10.2 Å². The van der Waals surface area contributed by atoms with Crippen LogP contribution < -0.4 is 11.1 Å². The van der Waals surface area contributed by atoms with Crippen LogP contribution in [0, 0.1) is 0 Å². The molecule has 0 fully saturated rings. The average Bonchev–Trinajstić information content (AvgIpc) is 2.87. The van der Waals surface area contributed by atoms with Crippen LogP contribution >= 0.6 is 0 Å². The molecule has 0 spiro atoms. The molecule has 0 amide bonds. The maximum atomic E-state index is 12.0. The number of carbonyl (C=O) groups excluding carboxylic acids is 1. The standard InChI is InChI=1S/C14H19N5O2/c1-4-21-14(20)11-7-10(15)5-6-12(11)17-9(2)13-18-16-8-19(13)3/h5-9,17H,4,15H2,1-3H3. The minimum atomic E-state index is -0.405. The summed E-state index contributed by atoms with van der Waals surface area (Å²) in [7, 11) is 1.86. The number of hydrogen-bond donors (Lipinski definition) is 2. The quantitative estimate of drug-likeness (QED) is 0.643. The van der Waals surface area contributed by atoms with Gasteiger partial charge in [-0.05, 0) is 32.0 Å². The van der Waals surface area contributed by atoms with Crippen molar-refractivity contribution in [2.24, 2.45) is 7.05 Å². The number of hydrogen-bond acceptors (Lipinski definition) is 6. The lowest BCUT2D eigenvalue weighted by Crippen LogP contribution is -2.15. The van der Waals surface area contributed by atoms with Crippen molar-refractivity contribution in [3.63, 3.8) is 0 Å². The van der Waals surface area contributed by atoms with Crippen molar-refractivity contribution in [2.45, 2.75) is 19.9 Å². The molecule has 0 aliphatic heterocycles. The number of benzene rings is 1. The molecule has 1 unspecified atom stereocenters. The third-order valence-electron chi connectivity index (χ3n) is 3.04. The first kappa shape index (κ1) is 14.8. The van der Waals surface area contributed by atoms with Crippen molar-refractivity contribution < 1.29 is 9.53 Å². The fraction of sp³-hybridized carbons (Fsp3) is 0.357. The summed E-state index contributed by atoms with van der Waals surface area (Å²) < 4.78 is 6.87. The summed E-state index contributed by atoms with van der Waals surface area (Å²) in [6, 6.07) is 4.97. The minimum absolute atomic E-state index is 0.116. The summed E-state index contributed by atoms with van der Waals surface area (Å²) in [6.07, 6.45) is 1.63. The Labute approximate surface area is 123 Å². The lowest BCUT2D eigenvalue weighted by atomic mass is 10.1. The van der Waals surface area contributed by atoms with Crippen LogP contribution in [0.25, 0.3) is 0 Å². The van der Waals surface area contributed by atoms with Gasteiger partial charge < -0.3 is 20.4 Å². The topological polar surface area (TPSA) is 95.1 Å². The van der Waals surface area contributed by atoms with Gasteiger partial charge in [0.25, 0.3) is 0 Å². The van der Waals surface area contributed by atoms with E-state index >= 15 is 0 Å². The monoisotopic (exact) mass is 289 g/mol. The molecule has 1 atom stereocenters. The highest BCUT2D eigenvalue weighted by Gasteiger charge is 2.17. The molecule has 0 aliphatic rings. The highest BCUT2D eigenvalue weighted by molar-refractivity contribution is 5.96. The van der Waals surface area contributed by atoms with Crippen LogP contribution in [0.5, 0.6) is 0 Å². The normalized spacial score (nSPS) is 12.0. The van der Waals surface area contributed by atoms with Crippen LogP contribution in [-0.2, 0) is 11.8 Å². The molecule has 7 nitrogen and oxygen atoms in total. The second-order valence-corrected chi connectivity index (χ2v) is 4.69. The van der Waals surface area contributed by atoms with Gasteiger partial charge in [0, 0.05) is 18.4 Å². The van der Waals surface area contributed by atoms with E-state index in [0.29, 0.717) is 23.5 Å². The highest BCUT2D eigenvalue weighted by atomic mass is 16.5. The molecule has 1 aromatic carbocycles. The summed E-state index contributed by atoms with van der Waals surface area (Å²) in [5.74, 6) is 0.360. The number of anilines is 2. The van der Waals surface area contributed by atoms with Gasteiger partial charge in [-0.25, -0.2) is 4.79 Å². The number of nitrogen functional groups attached to an aromatic ring is 1. The Morgan fingerprint density at radius 3 is 2.90 bits per heavy atom. The van der Waals surface area contributed by atoms with Gasteiger partial charge in [-0.3, -0.25) is 0 Å². The molecular weight excluding hydrogens is 270 g/mol. The molecule has 3 N–H and O–H groups in total. The Balaban J connectivity index is 2.27. The third-order valence-corrected chi connectivity index (χ3v) is 3.04. The van der Waals surface area contributed by atoms with Crippen molar-refractivity contribution >= 4 is 17.3 Å². The second kappa shape index (κ2) is 6.25. The Bertz CT molecular complexity index is 638. The molecule has 0 bridgehead atoms. The zero-order valence-corrected chi connectivity index (χ0v) is 12.3. The summed E-state index contributed by atoms with van der Waals surface area (Å²) in [5, 5.41) is 11.1. The van der Waals surface area contributed by atoms with E-state index in [1.807, 2.05) is 18.5 Å². The fourth-order valence-electron chi connectivity index (χ4n) is 2.05. The van der Waals surface area contributed by atoms with Crippen LogP contribution in [0.2, 0.25) is 0 Å². The second-order valence-electron chi connectivity index (χ2n) is 4.69. The number of aryl methyl sites for hydroxylation is 1. The van der Waals surface area contributed by atoms with Crippen LogP contribution in [0.3, 0.4) is 0 Å². The largest absolute Gasteiger partial charge is 0.462 e. The SMILES string of the molecule is CCOC(=O)c1cc(N)ccc1NC(C)c1nncn1C. The van der Waals surface area contributed by atoms with Crippen LogP contribution in [-0.4, -0.2) is 27.3 Å². The van der Waals surface area contributed by atoms with Crippen LogP contribution in [0.4, 0.5) is 11.4 Å². The minimum Gasteiger partial charge on any atom is -0.462 e. The summed E-state index contributed by atoms with van der Waals surface area (Å²) >= 11 is 0. The number of esters is 1. The molecular formula is C14H19N5O2. The van der Waals surface area contributed by atoms with Gasteiger partial charge in [0.05, 0.1) is 18.2 Å². The van der Waals surface area contributed by atoms with Crippen molar-refractivity contribution in [3.05, 3.63) is 35.9 Å². The fourth-order valence-corrected chi connectivity index (χ4v) is 2.05. The van der Waals surface area contributed by atoms with Crippen molar-refractivity contribution in [3.8, 4) is 0 Å². The Morgan fingerprint density at radius 2 is 2.29 bits per heavy atom. The molecule has 112 valence electrons. The number of carbonyl (C=O) groups is 1. The highest BCUT2D eigenvalue weighted by Crippen LogP contribution is 2.24. The van der Waals surface area contributed by atoms with Crippen molar-refractivity contribution in [1.82, 2.24) is 14.8 Å². The average molecular weight is 289 g/mol. The lowest BCUT2D eigenvalue weighted by molar-refractivity contribution is 0.0527. The molecule has 7 heteroatoms. The number of nitrogens with zero attached hydrogens (tertiary/aromatic N) is 3. The number of aromatic nitrogens is 3. The van der Waals surface area contributed by atoms with Gasteiger partial charge in [0.1, 0.15) is 6.33 Å². The lowest BCUT2D eigenvalue weighted by Gasteiger charge is -2.17. The zero-order valence-electron chi connectivity index (χ0n) is 12.3. The van der Waals surface area contributed by atoms with E-state index in [1.165, 1.54) is 0 Å². The zero-order chi connectivity index (χ0) is 15.4. The number of rotatable bonds is 5. The van der Waals surface area contributed by atoms with Crippen LogP contribution in [0.15, 0.2) is 24.5 Å². The molecule has 0 radical (unpaired) electrons. The maximum Gasteiger partial charge on any atom is 0.340 e. The van der Waals surface area contributed by atoms with Gasteiger partial charge >= 0.3 is 5.97 Å². The van der Waals surface area contributed by atoms with Crippen molar-refractivity contribution in [2.75, 3.05) is 17.7 Å². The molecule has 2 rings (SSSR count). The first-order chi connectivity index (χ1) is 10.0. The van der Waals surface area contributed by atoms with E-state index in [4.69, 9.17) is 10.5 Å². The molecule has 21 heavy (non-hydrogen) atoms. The predicted octanol–water partition coefficient (Wildman–Crippen LogP) is 1.75. The maximum absolute atomic E-state index is 12.0. The van der Waals surface area contributed by atoms with E-state index in [-0.39, 0.29) is 6.04 Å². The van der Waals surface area contributed by atoms with Crippen LogP contribution in [0.1, 0.15) is 36.1 Å². The van der Waals surface area contributed by atoms with Gasteiger partial charge in [-0.1, -0.05) is 0 Å². The molecule has 1 aromatic heterocycles. The summed E-state index contributed by atoms with van der Waals surface area (Å²) in [5.41, 5.74) is 7.32.